The van der Waals surface area contributed by atoms with E-state index in [9.17, 15) is 8.78 Å². The molecule has 3 nitrogen and oxygen atoms in total. The van der Waals surface area contributed by atoms with Gasteiger partial charge in [0, 0.05) is 18.7 Å². The van der Waals surface area contributed by atoms with E-state index in [4.69, 9.17) is 4.74 Å². The molecule has 20 heavy (non-hydrogen) atoms. The van der Waals surface area contributed by atoms with E-state index >= 15 is 0 Å². The zero-order chi connectivity index (χ0) is 14.5. The third kappa shape index (κ3) is 3.53. The molecule has 1 aliphatic rings. The minimum absolute atomic E-state index is 0.170. The molecular formula is C15H22F2N2O. The number of rotatable bonds is 5. The van der Waals surface area contributed by atoms with Crippen molar-refractivity contribution in [3.05, 3.63) is 35.4 Å². The maximum atomic E-state index is 14.0. The summed E-state index contributed by atoms with van der Waals surface area (Å²) in [7, 11) is 1.92. The molecule has 0 aliphatic carbocycles. The van der Waals surface area contributed by atoms with E-state index in [2.05, 4.69) is 12.2 Å². The van der Waals surface area contributed by atoms with Crippen LogP contribution in [0.3, 0.4) is 0 Å². The highest BCUT2D eigenvalue weighted by atomic mass is 19.1. The maximum absolute atomic E-state index is 14.0. The van der Waals surface area contributed by atoms with Gasteiger partial charge in [0.15, 0.2) is 0 Å². The molecule has 1 aromatic rings. The smallest absolute Gasteiger partial charge is 0.128 e. The zero-order valence-corrected chi connectivity index (χ0v) is 12.0. The summed E-state index contributed by atoms with van der Waals surface area (Å²) in [4.78, 5) is 2.03. The van der Waals surface area contributed by atoms with Gasteiger partial charge in [0.05, 0.1) is 18.8 Å². The third-order valence-corrected chi connectivity index (χ3v) is 3.65. The summed E-state index contributed by atoms with van der Waals surface area (Å²) in [6.45, 7) is 4.94. The molecule has 1 aromatic carbocycles. The van der Waals surface area contributed by atoms with E-state index in [0.717, 1.165) is 19.0 Å². The summed E-state index contributed by atoms with van der Waals surface area (Å²) in [5, 5.41) is 3.29. The Balaban J connectivity index is 2.20. The van der Waals surface area contributed by atoms with Crippen molar-refractivity contribution in [2.24, 2.45) is 0 Å². The lowest BCUT2D eigenvalue weighted by Crippen LogP contribution is -2.47. The Morgan fingerprint density at radius 3 is 2.95 bits per heavy atom. The van der Waals surface area contributed by atoms with Crippen molar-refractivity contribution in [2.75, 3.05) is 33.3 Å². The summed E-state index contributed by atoms with van der Waals surface area (Å²) in [5.74, 6) is -0.796. The number of nitrogens with zero attached hydrogens (tertiary/aromatic N) is 1. The number of benzene rings is 1. The van der Waals surface area contributed by atoms with E-state index in [1.165, 1.54) is 12.1 Å². The van der Waals surface area contributed by atoms with Gasteiger partial charge in [0.2, 0.25) is 0 Å². The molecule has 1 N–H and O–H groups in total. The molecule has 1 fully saturated rings. The summed E-state index contributed by atoms with van der Waals surface area (Å²) in [6, 6.07) is 3.35. The van der Waals surface area contributed by atoms with E-state index in [0.29, 0.717) is 25.3 Å². The quantitative estimate of drug-likeness (QED) is 0.840. The first-order valence-electron chi connectivity index (χ1n) is 7.11. The molecule has 1 saturated heterocycles. The Morgan fingerprint density at radius 1 is 1.40 bits per heavy atom. The minimum atomic E-state index is -0.416. The van der Waals surface area contributed by atoms with Crippen LogP contribution in [-0.2, 0) is 4.74 Å². The lowest BCUT2D eigenvalue weighted by Gasteiger charge is -2.39. The lowest BCUT2D eigenvalue weighted by atomic mass is 9.97. The van der Waals surface area contributed by atoms with Gasteiger partial charge in [-0.3, -0.25) is 4.90 Å². The van der Waals surface area contributed by atoms with Crippen LogP contribution in [-0.4, -0.2) is 44.3 Å². The highest BCUT2D eigenvalue weighted by molar-refractivity contribution is 5.24. The Labute approximate surface area is 118 Å². The van der Waals surface area contributed by atoms with Crippen LogP contribution in [0.15, 0.2) is 18.2 Å². The standard InChI is InChI=1S/C15H22F2N2O/c1-3-6-18-10-14-15(19(2)7-8-20-14)12-9-11(16)4-5-13(12)17/h4-5,9,14-15,18H,3,6-8,10H2,1-2H3. The fourth-order valence-electron chi connectivity index (χ4n) is 2.63. The summed E-state index contributed by atoms with van der Waals surface area (Å²) < 4.78 is 33.2. The Hall–Kier alpha value is -1.04. The van der Waals surface area contributed by atoms with Gasteiger partial charge in [0.25, 0.3) is 0 Å². The van der Waals surface area contributed by atoms with Crippen LogP contribution in [0, 0.1) is 11.6 Å². The molecule has 0 radical (unpaired) electrons. The zero-order valence-electron chi connectivity index (χ0n) is 12.0. The molecule has 2 unspecified atom stereocenters. The van der Waals surface area contributed by atoms with Crippen molar-refractivity contribution >= 4 is 0 Å². The number of likely N-dealkylation sites (N-methyl/N-ethyl adjacent to an activating group) is 1. The second-order valence-electron chi connectivity index (χ2n) is 5.20. The van der Waals surface area contributed by atoms with Crippen molar-refractivity contribution in [3.8, 4) is 0 Å². The maximum Gasteiger partial charge on any atom is 0.128 e. The van der Waals surface area contributed by atoms with E-state index in [1.807, 2.05) is 11.9 Å². The average Bonchev–Trinajstić information content (AvgIpc) is 2.42. The normalized spacial score (nSPS) is 24.0. The predicted molar refractivity (Wildman–Crippen MR) is 74.6 cm³/mol. The van der Waals surface area contributed by atoms with Gasteiger partial charge < -0.3 is 10.1 Å². The molecule has 2 atom stereocenters. The number of nitrogens with one attached hydrogen (secondary N) is 1. The van der Waals surface area contributed by atoms with Gasteiger partial charge in [-0.2, -0.15) is 0 Å². The number of ether oxygens (including phenoxy) is 1. The second-order valence-corrected chi connectivity index (χ2v) is 5.20. The Bertz CT molecular complexity index is 442. The first-order chi connectivity index (χ1) is 9.63. The average molecular weight is 284 g/mol. The van der Waals surface area contributed by atoms with E-state index in [-0.39, 0.29) is 18.0 Å². The van der Waals surface area contributed by atoms with E-state index in [1.54, 1.807) is 0 Å². The minimum Gasteiger partial charge on any atom is -0.374 e. The van der Waals surface area contributed by atoms with Crippen LogP contribution < -0.4 is 5.32 Å². The van der Waals surface area contributed by atoms with Gasteiger partial charge in [-0.05, 0) is 38.2 Å². The lowest BCUT2D eigenvalue weighted by molar-refractivity contribution is -0.0623. The highest BCUT2D eigenvalue weighted by Gasteiger charge is 2.33. The van der Waals surface area contributed by atoms with Gasteiger partial charge in [0.1, 0.15) is 11.6 Å². The van der Waals surface area contributed by atoms with Gasteiger partial charge in [-0.25, -0.2) is 8.78 Å². The summed E-state index contributed by atoms with van der Waals surface area (Å²) in [5.41, 5.74) is 0.371. The van der Waals surface area contributed by atoms with Crippen molar-refractivity contribution in [1.82, 2.24) is 10.2 Å². The molecule has 0 aromatic heterocycles. The first kappa shape index (κ1) is 15.4. The fraction of sp³-hybridized carbons (Fsp3) is 0.600. The number of halogens is 2. The molecule has 2 rings (SSSR count). The van der Waals surface area contributed by atoms with Gasteiger partial charge in [-0.15, -0.1) is 0 Å². The molecule has 0 amide bonds. The molecular weight excluding hydrogens is 262 g/mol. The van der Waals surface area contributed by atoms with E-state index < -0.39 is 5.82 Å². The highest BCUT2D eigenvalue weighted by Crippen LogP contribution is 2.30. The Morgan fingerprint density at radius 2 is 2.20 bits per heavy atom. The van der Waals surface area contributed by atoms with Crippen molar-refractivity contribution in [1.29, 1.82) is 0 Å². The fourth-order valence-corrected chi connectivity index (χ4v) is 2.63. The van der Waals surface area contributed by atoms with Gasteiger partial charge >= 0.3 is 0 Å². The topological polar surface area (TPSA) is 24.5 Å². The number of hydrogen-bond acceptors (Lipinski definition) is 3. The van der Waals surface area contributed by atoms with Crippen LogP contribution in [0.5, 0.6) is 0 Å². The SMILES string of the molecule is CCCNCC1OCCN(C)C1c1cc(F)ccc1F. The number of morpholine rings is 1. The van der Waals surface area contributed by atoms with Crippen molar-refractivity contribution < 1.29 is 13.5 Å². The second kappa shape index (κ2) is 7.11. The monoisotopic (exact) mass is 284 g/mol. The summed E-state index contributed by atoms with van der Waals surface area (Å²) >= 11 is 0. The van der Waals surface area contributed by atoms with Crippen molar-refractivity contribution in [3.63, 3.8) is 0 Å². The van der Waals surface area contributed by atoms with Gasteiger partial charge in [-0.1, -0.05) is 6.92 Å². The molecule has 5 heteroatoms. The van der Waals surface area contributed by atoms with Crippen LogP contribution >= 0.6 is 0 Å². The summed E-state index contributed by atoms with van der Waals surface area (Å²) in [6.07, 6.45) is 0.860. The largest absolute Gasteiger partial charge is 0.374 e. The third-order valence-electron chi connectivity index (χ3n) is 3.65. The van der Waals surface area contributed by atoms with Crippen molar-refractivity contribution in [2.45, 2.75) is 25.5 Å². The van der Waals surface area contributed by atoms with Crippen LogP contribution in [0.1, 0.15) is 24.9 Å². The van der Waals surface area contributed by atoms with Crippen LogP contribution in [0.25, 0.3) is 0 Å². The molecule has 112 valence electrons. The van der Waals surface area contributed by atoms with Crippen LogP contribution in [0.4, 0.5) is 8.78 Å². The molecule has 1 aliphatic heterocycles. The predicted octanol–water partition coefficient (Wildman–Crippen LogP) is 2.34. The van der Waals surface area contributed by atoms with Crippen LogP contribution in [0.2, 0.25) is 0 Å². The number of hydrogen-bond donors (Lipinski definition) is 1. The molecule has 0 saturated carbocycles. The first-order valence-corrected chi connectivity index (χ1v) is 7.11. The molecule has 0 spiro atoms. The molecule has 1 heterocycles. The molecule has 0 bridgehead atoms. The Kier molecular flexibility index (Phi) is 5.46.